The Bertz CT molecular complexity index is 600. The van der Waals surface area contributed by atoms with Crippen LogP contribution in [0.3, 0.4) is 0 Å². The first kappa shape index (κ1) is 18.6. The van der Waals surface area contributed by atoms with Crippen molar-refractivity contribution in [2.75, 3.05) is 33.4 Å². The van der Waals surface area contributed by atoms with E-state index in [-0.39, 0.29) is 23.3 Å². The van der Waals surface area contributed by atoms with E-state index in [4.69, 9.17) is 16.3 Å². The van der Waals surface area contributed by atoms with Gasteiger partial charge in [-0.3, -0.25) is 14.5 Å². The lowest BCUT2D eigenvalue weighted by Gasteiger charge is -2.34. The molecule has 1 unspecified atom stereocenters. The second kappa shape index (κ2) is 8.96. The van der Waals surface area contributed by atoms with Crippen molar-refractivity contribution in [3.05, 3.63) is 34.6 Å². The second-order valence-corrected chi connectivity index (χ2v) is 5.98. The summed E-state index contributed by atoms with van der Waals surface area (Å²) in [5.74, 6) is -0.913. The molecule has 0 bridgehead atoms. The average Bonchev–Trinajstić information content (AvgIpc) is 2.54. The molecule has 1 aromatic rings. The smallest absolute Gasteiger partial charge is 0.237 e. The molecular weight excluding hydrogens is 337 g/mol. The molecule has 1 fully saturated rings. The van der Waals surface area contributed by atoms with Gasteiger partial charge in [-0.15, -0.1) is 0 Å². The molecule has 1 aliphatic rings. The summed E-state index contributed by atoms with van der Waals surface area (Å²) in [6, 6.07) is 3.97. The molecule has 2 amide bonds. The number of benzene rings is 1. The Kier molecular flexibility index (Phi) is 6.96. The fourth-order valence-corrected chi connectivity index (χ4v) is 2.70. The number of piperazine rings is 1. The van der Waals surface area contributed by atoms with E-state index in [9.17, 15) is 14.0 Å². The SMILES string of the molecule is COCCNC(=O)CC1C(=O)NCCN1Cc1ccc(Cl)c(F)c1. The molecule has 132 valence electrons. The number of ether oxygens (including phenoxy) is 1. The number of rotatable bonds is 7. The van der Waals surface area contributed by atoms with Crippen LogP contribution in [0.5, 0.6) is 0 Å². The van der Waals surface area contributed by atoms with Crippen molar-refractivity contribution in [3.8, 4) is 0 Å². The summed E-state index contributed by atoms with van der Waals surface area (Å²) in [5, 5.41) is 5.52. The van der Waals surface area contributed by atoms with Crippen LogP contribution in [0.1, 0.15) is 12.0 Å². The van der Waals surface area contributed by atoms with Crippen LogP contribution in [0, 0.1) is 5.82 Å². The van der Waals surface area contributed by atoms with Gasteiger partial charge in [0.2, 0.25) is 11.8 Å². The molecule has 2 rings (SSSR count). The zero-order chi connectivity index (χ0) is 17.5. The van der Waals surface area contributed by atoms with E-state index in [0.717, 1.165) is 0 Å². The summed E-state index contributed by atoms with van der Waals surface area (Å²) in [7, 11) is 1.55. The molecule has 0 spiro atoms. The highest BCUT2D eigenvalue weighted by atomic mass is 35.5. The fraction of sp³-hybridized carbons (Fsp3) is 0.500. The van der Waals surface area contributed by atoms with Crippen molar-refractivity contribution in [1.82, 2.24) is 15.5 Å². The first-order valence-corrected chi connectivity index (χ1v) is 8.10. The molecule has 6 nitrogen and oxygen atoms in total. The summed E-state index contributed by atoms with van der Waals surface area (Å²) >= 11 is 5.69. The number of carbonyl (C=O) groups excluding carboxylic acids is 2. The Labute approximate surface area is 145 Å². The summed E-state index contributed by atoms with van der Waals surface area (Å²) in [6.45, 7) is 2.27. The van der Waals surface area contributed by atoms with Crippen molar-refractivity contribution < 1.29 is 18.7 Å². The predicted octanol–water partition coefficient (Wildman–Crippen LogP) is 0.932. The molecule has 1 saturated heterocycles. The van der Waals surface area contributed by atoms with Crippen LogP contribution < -0.4 is 10.6 Å². The molecule has 0 radical (unpaired) electrons. The van der Waals surface area contributed by atoms with Gasteiger partial charge in [0, 0.05) is 33.3 Å². The largest absolute Gasteiger partial charge is 0.383 e. The van der Waals surface area contributed by atoms with E-state index in [1.54, 1.807) is 13.2 Å². The van der Waals surface area contributed by atoms with Crippen LogP contribution in [0.15, 0.2) is 18.2 Å². The number of halogens is 2. The Morgan fingerprint density at radius 1 is 1.54 bits per heavy atom. The third kappa shape index (κ3) is 5.15. The summed E-state index contributed by atoms with van der Waals surface area (Å²) in [5.41, 5.74) is 0.705. The lowest BCUT2D eigenvalue weighted by atomic mass is 10.1. The standard InChI is InChI=1S/C16H21ClFN3O3/c1-24-7-5-19-15(22)9-14-16(23)20-4-6-21(14)10-11-2-3-12(17)13(18)8-11/h2-3,8,14H,4-7,9-10H2,1H3,(H,19,22)(H,20,23). The molecule has 1 atom stereocenters. The van der Waals surface area contributed by atoms with Gasteiger partial charge in [0.15, 0.2) is 0 Å². The number of amides is 2. The van der Waals surface area contributed by atoms with Gasteiger partial charge >= 0.3 is 0 Å². The molecule has 1 heterocycles. The number of nitrogens with one attached hydrogen (secondary N) is 2. The van der Waals surface area contributed by atoms with Crippen molar-refractivity contribution in [2.24, 2.45) is 0 Å². The zero-order valence-corrected chi connectivity index (χ0v) is 14.2. The lowest BCUT2D eigenvalue weighted by molar-refractivity contribution is -0.134. The monoisotopic (exact) mass is 357 g/mol. The fourth-order valence-electron chi connectivity index (χ4n) is 2.59. The average molecular weight is 358 g/mol. The molecule has 1 aromatic carbocycles. The van der Waals surface area contributed by atoms with Crippen molar-refractivity contribution in [1.29, 1.82) is 0 Å². The highest BCUT2D eigenvalue weighted by Crippen LogP contribution is 2.19. The Morgan fingerprint density at radius 3 is 3.04 bits per heavy atom. The Balaban J connectivity index is 2.01. The third-order valence-electron chi connectivity index (χ3n) is 3.82. The van der Waals surface area contributed by atoms with E-state index < -0.39 is 11.9 Å². The quantitative estimate of drug-likeness (QED) is 0.712. The molecule has 1 aliphatic heterocycles. The maximum atomic E-state index is 13.6. The molecular formula is C16H21ClFN3O3. The predicted molar refractivity (Wildman–Crippen MR) is 88.1 cm³/mol. The van der Waals surface area contributed by atoms with Gasteiger partial charge in [0.1, 0.15) is 5.82 Å². The van der Waals surface area contributed by atoms with Gasteiger partial charge in [-0.05, 0) is 17.7 Å². The number of carbonyl (C=O) groups is 2. The second-order valence-electron chi connectivity index (χ2n) is 5.57. The van der Waals surface area contributed by atoms with Crippen LogP contribution in [-0.2, 0) is 20.9 Å². The number of hydrogen-bond acceptors (Lipinski definition) is 4. The van der Waals surface area contributed by atoms with E-state index in [1.807, 2.05) is 4.90 Å². The molecule has 24 heavy (non-hydrogen) atoms. The van der Waals surface area contributed by atoms with E-state index in [0.29, 0.717) is 38.3 Å². The van der Waals surface area contributed by atoms with E-state index >= 15 is 0 Å². The van der Waals surface area contributed by atoms with Crippen LogP contribution in [0.2, 0.25) is 5.02 Å². The Hall–Kier alpha value is -1.70. The van der Waals surface area contributed by atoms with Crippen molar-refractivity contribution >= 4 is 23.4 Å². The van der Waals surface area contributed by atoms with Gasteiger partial charge < -0.3 is 15.4 Å². The number of nitrogens with zero attached hydrogens (tertiary/aromatic N) is 1. The molecule has 2 N–H and O–H groups in total. The molecule has 0 aliphatic carbocycles. The topological polar surface area (TPSA) is 70.7 Å². The lowest BCUT2D eigenvalue weighted by Crippen LogP contribution is -2.56. The van der Waals surface area contributed by atoms with Gasteiger partial charge in [-0.25, -0.2) is 4.39 Å². The maximum Gasteiger partial charge on any atom is 0.237 e. The molecule has 8 heteroatoms. The van der Waals surface area contributed by atoms with E-state index in [1.165, 1.54) is 12.1 Å². The number of methoxy groups -OCH3 is 1. The molecule has 0 saturated carbocycles. The van der Waals surface area contributed by atoms with Gasteiger partial charge in [-0.2, -0.15) is 0 Å². The highest BCUT2D eigenvalue weighted by Gasteiger charge is 2.31. The summed E-state index contributed by atoms with van der Waals surface area (Å²) in [4.78, 5) is 26.0. The maximum absolute atomic E-state index is 13.6. The van der Waals surface area contributed by atoms with Crippen LogP contribution in [0.25, 0.3) is 0 Å². The summed E-state index contributed by atoms with van der Waals surface area (Å²) in [6.07, 6.45) is 0.0472. The van der Waals surface area contributed by atoms with E-state index in [2.05, 4.69) is 10.6 Å². The van der Waals surface area contributed by atoms with Gasteiger partial charge in [-0.1, -0.05) is 17.7 Å². The minimum atomic E-state index is -0.583. The zero-order valence-electron chi connectivity index (χ0n) is 13.5. The minimum Gasteiger partial charge on any atom is -0.383 e. The van der Waals surface area contributed by atoms with Crippen molar-refractivity contribution in [3.63, 3.8) is 0 Å². The number of hydrogen-bond donors (Lipinski definition) is 2. The van der Waals surface area contributed by atoms with Crippen LogP contribution in [0.4, 0.5) is 4.39 Å². The first-order valence-electron chi connectivity index (χ1n) is 7.72. The summed E-state index contributed by atoms with van der Waals surface area (Å²) < 4.78 is 18.5. The third-order valence-corrected chi connectivity index (χ3v) is 4.12. The van der Waals surface area contributed by atoms with Gasteiger partial charge in [0.05, 0.1) is 24.1 Å². The van der Waals surface area contributed by atoms with Crippen molar-refractivity contribution in [2.45, 2.75) is 19.0 Å². The van der Waals surface area contributed by atoms with Gasteiger partial charge in [0.25, 0.3) is 0 Å². The highest BCUT2D eigenvalue weighted by molar-refractivity contribution is 6.30. The normalized spacial score (nSPS) is 18.3. The molecule has 0 aromatic heterocycles. The Morgan fingerprint density at radius 2 is 2.33 bits per heavy atom. The first-order chi connectivity index (χ1) is 11.5. The van der Waals surface area contributed by atoms with Crippen LogP contribution >= 0.6 is 11.6 Å². The van der Waals surface area contributed by atoms with Crippen LogP contribution in [-0.4, -0.2) is 56.1 Å². The minimum absolute atomic E-state index is 0.0472.